The lowest BCUT2D eigenvalue weighted by atomic mass is 10.1. The van der Waals surface area contributed by atoms with E-state index >= 15 is 0 Å². The van der Waals surface area contributed by atoms with Gasteiger partial charge in [-0.3, -0.25) is 0 Å². The molecule has 32 heavy (non-hydrogen) atoms. The Kier molecular flexibility index (Phi) is 6.51. The molecule has 2 aromatic carbocycles. The number of hydrogen-bond acceptors (Lipinski definition) is 7. The van der Waals surface area contributed by atoms with Crippen molar-refractivity contribution in [2.75, 3.05) is 12.3 Å². The molecule has 0 aliphatic carbocycles. The molecule has 0 atom stereocenters. The third-order valence-corrected chi connectivity index (χ3v) is 5.81. The number of aromatic nitrogens is 1. The highest BCUT2D eigenvalue weighted by Crippen LogP contribution is 2.33. The molecule has 2 heterocycles. The zero-order valence-electron chi connectivity index (χ0n) is 17.3. The minimum atomic E-state index is -0.431. The number of fused-ring (bicyclic) bond motifs is 1. The zero-order valence-corrected chi connectivity index (χ0v) is 18.2. The van der Waals surface area contributed by atoms with Gasteiger partial charge in [0, 0.05) is 28.8 Å². The Morgan fingerprint density at radius 1 is 1.06 bits per heavy atom. The van der Waals surface area contributed by atoms with Gasteiger partial charge in [-0.05, 0) is 30.5 Å². The minimum absolute atomic E-state index is 0.115. The first-order valence-electron chi connectivity index (χ1n) is 9.97. The maximum atomic E-state index is 13.8. The molecule has 4 aromatic rings. The number of hydrogen-bond donors (Lipinski definition) is 1. The number of nitrogens with zero attached hydrogens (tertiary/aromatic N) is 1. The molecular formula is C24H21FN2O4S. The smallest absolute Gasteiger partial charge is 0.341 e. The molecule has 0 aliphatic heterocycles. The number of ether oxygens (including phenoxy) is 3. The molecule has 0 saturated carbocycles. The molecule has 4 rings (SSSR count). The van der Waals surface area contributed by atoms with E-state index in [1.165, 1.54) is 23.6 Å². The van der Waals surface area contributed by atoms with Gasteiger partial charge in [0.25, 0.3) is 0 Å². The first-order chi connectivity index (χ1) is 15.6. The second-order valence-electron chi connectivity index (χ2n) is 6.89. The summed E-state index contributed by atoms with van der Waals surface area (Å²) < 4.78 is 31.2. The number of rotatable bonds is 8. The van der Waals surface area contributed by atoms with Crippen LogP contribution in [0, 0.1) is 5.82 Å². The summed E-state index contributed by atoms with van der Waals surface area (Å²) >= 11 is 1.39. The van der Waals surface area contributed by atoms with Crippen molar-refractivity contribution in [2.24, 2.45) is 0 Å². The second-order valence-corrected chi connectivity index (χ2v) is 7.77. The molecule has 0 amide bonds. The molecule has 6 nitrogen and oxygen atoms in total. The summed E-state index contributed by atoms with van der Waals surface area (Å²) in [4.78, 5) is 16.4. The number of halogens is 1. The maximum Gasteiger partial charge on any atom is 0.341 e. The van der Waals surface area contributed by atoms with Crippen LogP contribution in [-0.2, 0) is 18.0 Å². The summed E-state index contributed by atoms with van der Waals surface area (Å²) in [7, 11) is 0. The van der Waals surface area contributed by atoms with Gasteiger partial charge < -0.3 is 19.9 Å². The summed E-state index contributed by atoms with van der Waals surface area (Å²) in [6.45, 7) is 2.38. The summed E-state index contributed by atoms with van der Waals surface area (Å²) in [5.74, 6) is 0.738. The van der Waals surface area contributed by atoms with Crippen LogP contribution in [0.4, 0.5) is 10.2 Å². The average molecular weight is 453 g/mol. The standard InChI is InChI=1S/C24H21FN2O4S/c1-2-29-24(28)19-11-27-23(26)21-16(14-32-22(19)21)13-31-18-8-5-7-17(10-18)30-12-15-6-3-4-9-20(15)25/h3-11,14H,2,12-13H2,1H3,(H2,26,27). The van der Waals surface area contributed by atoms with Gasteiger partial charge >= 0.3 is 5.97 Å². The fraction of sp³-hybridized carbons (Fsp3) is 0.167. The molecular weight excluding hydrogens is 431 g/mol. The largest absolute Gasteiger partial charge is 0.489 e. The van der Waals surface area contributed by atoms with Crippen molar-refractivity contribution in [2.45, 2.75) is 20.1 Å². The van der Waals surface area contributed by atoms with Gasteiger partial charge in [-0.2, -0.15) is 0 Å². The van der Waals surface area contributed by atoms with Crippen molar-refractivity contribution in [3.8, 4) is 11.5 Å². The number of esters is 1. The molecule has 0 aliphatic rings. The van der Waals surface area contributed by atoms with Crippen molar-refractivity contribution in [3.05, 3.63) is 82.6 Å². The van der Waals surface area contributed by atoms with Crippen molar-refractivity contribution in [1.29, 1.82) is 0 Å². The van der Waals surface area contributed by atoms with Crippen LogP contribution >= 0.6 is 11.3 Å². The molecule has 0 unspecified atom stereocenters. The van der Waals surface area contributed by atoms with Crippen LogP contribution in [0.3, 0.4) is 0 Å². The highest BCUT2D eigenvalue weighted by Gasteiger charge is 2.18. The Labute approximate surface area is 188 Å². The molecule has 2 N–H and O–H groups in total. The fourth-order valence-electron chi connectivity index (χ4n) is 3.18. The van der Waals surface area contributed by atoms with Crippen LogP contribution < -0.4 is 15.2 Å². The molecule has 0 spiro atoms. The van der Waals surface area contributed by atoms with Gasteiger partial charge in [0.15, 0.2) is 0 Å². The monoisotopic (exact) mass is 452 g/mol. The average Bonchev–Trinajstić information content (AvgIpc) is 3.23. The lowest BCUT2D eigenvalue weighted by molar-refractivity contribution is 0.0528. The summed E-state index contributed by atoms with van der Waals surface area (Å²) in [6, 6.07) is 13.6. The quantitative estimate of drug-likeness (QED) is 0.363. The number of thiophene rings is 1. The van der Waals surface area contributed by atoms with E-state index in [2.05, 4.69) is 4.98 Å². The third-order valence-electron chi connectivity index (χ3n) is 4.75. The number of nitrogens with two attached hydrogens (primary N) is 1. The number of anilines is 1. The van der Waals surface area contributed by atoms with E-state index in [0.29, 0.717) is 33.8 Å². The summed E-state index contributed by atoms with van der Waals surface area (Å²) in [5.41, 5.74) is 7.76. The van der Waals surface area contributed by atoms with Crippen LogP contribution in [0.1, 0.15) is 28.4 Å². The topological polar surface area (TPSA) is 83.7 Å². The highest BCUT2D eigenvalue weighted by molar-refractivity contribution is 7.17. The van der Waals surface area contributed by atoms with Gasteiger partial charge in [-0.1, -0.05) is 24.3 Å². The van der Waals surface area contributed by atoms with Gasteiger partial charge in [-0.25, -0.2) is 14.2 Å². The van der Waals surface area contributed by atoms with E-state index in [1.54, 1.807) is 49.4 Å². The number of carbonyl (C=O) groups is 1. The third kappa shape index (κ3) is 4.65. The zero-order chi connectivity index (χ0) is 22.5. The first kappa shape index (κ1) is 21.6. The predicted molar refractivity (Wildman–Crippen MR) is 121 cm³/mol. The number of nitrogen functional groups attached to an aromatic ring is 1. The molecule has 0 fully saturated rings. The Balaban J connectivity index is 1.48. The molecule has 2 aromatic heterocycles. The number of pyridine rings is 1. The van der Waals surface area contributed by atoms with E-state index in [1.807, 2.05) is 5.38 Å². The van der Waals surface area contributed by atoms with Crippen LogP contribution in [0.2, 0.25) is 0 Å². The van der Waals surface area contributed by atoms with Crippen LogP contribution in [0.25, 0.3) is 10.1 Å². The Hall–Kier alpha value is -3.65. The SMILES string of the molecule is CCOC(=O)c1cnc(N)c2c(COc3cccc(OCc4ccccc4F)c3)csc12. The van der Waals surface area contributed by atoms with E-state index in [-0.39, 0.29) is 25.6 Å². The van der Waals surface area contributed by atoms with E-state index in [9.17, 15) is 9.18 Å². The summed E-state index contributed by atoms with van der Waals surface area (Å²) in [5, 5.41) is 2.58. The van der Waals surface area contributed by atoms with Gasteiger partial charge in [-0.15, -0.1) is 11.3 Å². The maximum absolute atomic E-state index is 13.8. The minimum Gasteiger partial charge on any atom is -0.489 e. The Bertz CT molecular complexity index is 1260. The second kappa shape index (κ2) is 9.65. The predicted octanol–water partition coefficient (Wildman–Crippen LogP) is 5.35. The van der Waals surface area contributed by atoms with Crippen LogP contribution in [0.15, 0.2) is 60.1 Å². The lowest BCUT2D eigenvalue weighted by Gasteiger charge is -2.10. The molecule has 0 bridgehead atoms. The van der Waals surface area contributed by atoms with Gasteiger partial charge in [0.05, 0.1) is 16.9 Å². The van der Waals surface area contributed by atoms with E-state index < -0.39 is 5.97 Å². The van der Waals surface area contributed by atoms with E-state index in [0.717, 1.165) is 10.3 Å². The van der Waals surface area contributed by atoms with Crippen molar-refractivity contribution >= 4 is 33.2 Å². The lowest BCUT2D eigenvalue weighted by Crippen LogP contribution is -2.06. The molecule has 164 valence electrons. The van der Waals surface area contributed by atoms with Crippen molar-refractivity contribution < 1.29 is 23.4 Å². The highest BCUT2D eigenvalue weighted by atomic mass is 32.1. The van der Waals surface area contributed by atoms with Gasteiger partial charge in [0.1, 0.15) is 36.3 Å². The number of benzene rings is 2. The number of carbonyl (C=O) groups excluding carboxylic acids is 1. The van der Waals surface area contributed by atoms with Crippen LogP contribution in [0.5, 0.6) is 11.5 Å². The van der Waals surface area contributed by atoms with Crippen molar-refractivity contribution in [1.82, 2.24) is 4.98 Å². The molecule has 0 radical (unpaired) electrons. The van der Waals surface area contributed by atoms with Crippen molar-refractivity contribution in [3.63, 3.8) is 0 Å². The Morgan fingerprint density at radius 3 is 2.50 bits per heavy atom. The van der Waals surface area contributed by atoms with Gasteiger partial charge in [0.2, 0.25) is 0 Å². The molecule has 0 saturated heterocycles. The van der Waals surface area contributed by atoms with Crippen LogP contribution in [-0.4, -0.2) is 17.6 Å². The first-order valence-corrected chi connectivity index (χ1v) is 10.9. The van der Waals surface area contributed by atoms with E-state index in [4.69, 9.17) is 19.9 Å². The summed E-state index contributed by atoms with van der Waals surface area (Å²) in [6.07, 6.45) is 1.44. The molecule has 8 heteroatoms. The Morgan fingerprint density at radius 2 is 1.78 bits per heavy atom. The normalized spacial score (nSPS) is 10.8. The fourth-order valence-corrected chi connectivity index (χ4v) is 4.24.